The Labute approximate surface area is 212 Å². The molecule has 0 spiro atoms. The molecule has 0 radical (unpaired) electrons. The molecule has 0 aliphatic carbocycles. The van der Waals surface area contributed by atoms with Gasteiger partial charge in [0.1, 0.15) is 5.75 Å². The summed E-state index contributed by atoms with van der Waals surface area (Å²) in [7, 11) is 0. The van der Waals surface area contributed by atoms with Gasteiger partial charge in [-0.2, -0.15) is 8.78 Å². The first-order valence-corrected chi connectivity index (χ1v) is 12.6. The molecule has 5 nitrogen and oxygen atoms in total. The molecular weight excluding hydrogens is 491 g/mol. The van der Waals surface area contributed by atoms with E-state index in [2.05, 4.69) is 15.2 Å². The van der Waals surface area contributed by atoms with Crippen molar-refractivity contribution < 1.29 is 26.7 Å². The molecule has 0 bridgehead atoms. The van der Waals surface area contributed by atoms with E-state index < -0.39 is 25.6 Å². The van der Waals surface area contributed by atoms with E-state index in [0.717, 1.165) is 35.2 Å². The predicted octanol–water partition coefficient (Wildman–Crippen LogP) is 5.83. The second-order valence-corrected chi connectivity index (χ2v) is 9.88. The Balaban J connectivity index is 1.50. The lowest BCUT2D eigenvalue weighted by Gasteiger charge is -2.41. The monoisotopic (exact) mass is 522 g/mol. The Bertz CT molecular complexity index is 1210. The van der Waals surface area contributed by atoms with Crippen LogP contribution in [-0.4, -0.2) is 72.8 Å². The molecular formula is C27H31F5N4O. The minimum atomic E-state index is -3.07. The van der Waals surface area contributed by atoms with Crippen LogP contribution in [0.2, 0.25) is 0 Å². The number of nitrogens with zero attached hydrogens (tertiary/aromatic N) is 2. The summed E-state index contributed by atoms with van der Waals surface area (Å²) >= 11 is 0. The van der Waals surface area contributed by atoms with Crippen LogP contribution in [0, 0.1) is 0 Å². The third kappa shape index (κ3) is 5.40. The zero-order valence-electron chi connectivity index (χ0n) is 20.6. The van der Waals surface area contributed by atoms with E-state index in [1.807, 2.05) is 31.2 Å². The summed E-state index contributed by atoms with van der Waals surface area (Å²) in [4.78, 5) is 7.16. The first kappa shape index (κ1) is 25.8. The van der Waals surface area contributed by atoms with Crippen molar-refractivity contribution in [3.63, 3.8) is 0 Å². The molecule has 10 heteroatoms. The molecule has 2 N–H and O–H groups in total. The van der Waals surface area contributed by atoms with E-state index in [0.29, 0.717) is 30.6 Å². The van der Waals surface area contributed by atoms with Crippen LogP contribution in [0.3, 0.4) is 0 Å². The van der Waals surface area contributed by atoms with Gasteiger partial charge in [0.25, 0.3) is 6.43 Å². The maximum Gasteiger partial charge on any atom is 0.387 e. The van der Waals surface area contributed by atoms with Crippen molar-refractivity contribution in [1.82, 2.24) is 14.8 Å². The highest BCUT2D eigenvalue weighted by Gasteiger charge is 2.39. The van der Waals surface area contributed by atoms with Crippen molar-refractivity contribution in [2.75, 3.05) is 38.2 Å². The molecule has 3 heterocycles. The van der Waals surface area contributed by atoms with Gasteiger partial charge < -0.3 is 15.0 Å². The average Bonchev–Trinajstić information content (AvgIpc) is 3.19. The summed E-state index contributed by atoms with van der Waals surface area (Å²) in [6, 6.07) is 11.9. The van der Waals surface area contributed by atoms with Crippen molar-refractivity contribution in [1.29, 1.82) is 0 Å². The second kappa shape index (κ2) is 10.9. The fraction of sp³-hybridized carbons (Fsp3) is 0.481. The van der Waals surface area contributed by atoms with Crippen LogP contribution < -0.4 is 10.1 Å². The van der Waals surface area contributed by atoms with Gasteiger partial charge in [-0.05, 0) is 37.5 Å². The van der Waals surface area contributed by atoms with Crippen LogP contribution in [0.15, 0.2) is 42.5 Å². The van der Waals surface area contributed by atoms with Gasteiger partial charge in [-0.3, -0.25) is 14.2 Å². The summed E-state index contributed by atoms with van der Waals surface area (Å²) in [5.41, 5.74) is 3.62. The Morgan fingerprint density at radius 3 is 2.62 bits per heavy atom. The first-order valence-electron chi connectivity index (χ1n) is 12.6. The molecule has 0 unspecified atom stereocenters. The zero-order chi connectivity index (χ0) is 26.1. The molecule has 2 aromatic carbocycles. The van der Waals surface area contributed by atoms with E-state index in [4.69, 9.17) is 4.74 Å². The van der Waals surface area contributed by atoms with Crippen molar-refractivity contribution in [2.45, 2.75) is 50.9 Å². The Morgan fingerprint density at radius 1 is 1.11 bits per heavy atom. The lowest BCUT2D eigenvalue weighted by molar-refractivity contribution is -0.0515. The first-order chi connectivity index (χ1) is 17.8. The van der Waals surface area contributed by atoms with Crippen LogP contribution >= 0.6 is 0 Å². The summed E-state index contributed by atoms with van der Waals surface area (Å²) in [5, 5.41) is 4.32. The van der Waals surface area contributed by atoms with Crippen molar-refractivity contribution >= 4 is 16.6 Å². The maximum atomic E-state index is 13.7. The molecule has 2 aliphatic rings. The number of ether oxygens (including phenoxy) is 1. The Hall–Kier alpha value is -2.85. The van der Waals surface area contributed by atoms with E-state index in [9.17, 15) is 22.0 Å². The largest absolute Gasteiger partial charge is 0.434 e. The van der Waals surface area contributed by atoms with Crippen molar-refractivity contribution in [2.24, 2.45) is 0 Å². The number of hydrogen-bond acceptors (Lipinski definition) is 4. The number of aromatic nitrogens is 1. The van der Waals surface area contributed by atoms with Crippen LogP contribution in [0.25, 0.3) is 10.9 Å². The molecule has 2 aliphatic heterocycles. The number of para-hydroxylation sites is 1. The number of benzene rings is 2. The summed E-state index contributed by atoms with van der Waals surface area (Å²) in [6.45, 7) is 0.104. The zero-order valence-corrected chi connectivity index (χ0v) is 20.6. The topological polar surface area (TPSA) is 43.5 Å². The van der Waals surface area contributed by atoms with Gasteiger partial charge >= 0.3 is 6.61 Å². The number of likely N-dealkylation sites (tertiary alicyclic amines) is 1. The maximum absolute atomic E-state index is 13.7. The molecule has 1 saturated heterocycles. The number of anilines is 1. The Kier molecular flexibility index (Phi) is 7.57. The van der Waals surface area contributed by atoms with Crippen LogP contribution in [-0.2, 0) is 6.42 Å². The molecule has 37 heavy (non-hydrogen) atoms. The number of fused-ring (bicyclic) bond motifs is 3. The van der Waals surface area contributed by atoms with Gasteiger partial charge in [0.2, 0.25) is 0 Å². The average molecular weight is 523 g/mol. The normalized spacial score (nSPS) is 21.0. The number of alkyl halides is 5. The third-order valence-corrected chi connectivity index (χ3v) is 7.33. The van der Waals surface area contributed by atoms with E-state index >= 15 is 0 Å². The summed E-state index contributed by atoms with van der Waals surface area (Å²) in [5.74, 6) is -0.0448. The smallest absolute Gasteiger partial charge is 0.387 e. The van der Waals surface area contributed by atoms with Crippen molar-refractivity contribution in [3.05, 3.63) is 59.3 Å². The highest BCUT2D eigenvalue weighted by molar-refractivity contribution is 5.85. The van der Waals surface area contributed by atoms with Gasteiger partial charge in [0.05, 0.1) is 25.3 Å². The summed E-state index contributed by atoms with van der Waals surface area (Å²) in [6.07, 6.45) is -1.54. The number of halogens is 5. The van der Waals surface area contributed by atoms with Crippen molar-refractivity contribution in [3.8, 4) is 5.75 Å². The predicted molar refractivity (Wildman–Crippen MR) is 134 cm³/mol. The molecule has 0 amide bonds. The lowest BCUT2D eigenvalue weighted by atomic mass is 9.88. The number of aromatic amines is 1. The number of nitrogens with one attached hydrogen (secondary N) is 2. The number of hydrogen-bond donors (Lipinski definition) is 2. The lowest BCUT2D eigenvalue weighted by Crippen LogP contribution is -2.54. The third-order valence-electron chi connectivity index (χ3n) is 7.33. The standard InChI is InChI=1S/C27H31F5N4O/c1-16-11-21-19-5-2-3-6-22(19)34-25(21)26(36(16)15-24(29)30)20-8-7-17(12-23(20)37-27(31)32)33-18-13-35(14-18)10-4-9-28/h2-3,5-8,12,16,18,24,26-27,33-34H,4,9-11,13-15H2,1H3/t16-,26-/m1/s1. The number of H-pyrrole nitrogens is 1. The molecule has 0 saturated carbocycles. The quantitative estimate of drug-likeness (QED) is 0.329. The van der Waals surface area contributed by atoms with Gasteiger partial charge in [0, 0.05) is 59.6 Å². The SMILES string of the molecule is C[C@@H]1Cc2c([nH]c3ccccc23)[C@@H](c2ccc(NC3CN(CCCF)C3)cc2OC(F)F)N1CC(F)F. The van der Waals surface area contributed by atoms with Crippen LogP contribution in [0.5, 0.6) is 5.75 Å². The van der Waals surface area contributed by atoms with Crippen LogP contribution in [0.4, 0.5) is 27.6 Å². The van der Waals surface area contributed by atoms with E-state index in [-0.39, 0.29) is 24.5 Å². The molecule has 1 fully saturated rings. The van der Waals surface area contributed by atoms with E-state index in [1.54, 1.807) is 17.0 Å². The number of rotatable bonds is 10. The Morgan fingerprint density at radius 2 is 1.89 bits per heavy atom. The van der Waals surface area contributed by atoms with Crippen LogP contribution in [0.1, 0.15) is 36.2 Å². The summed E-state index contributed by atoms with van der Waals surface area (Å²) < 4.78 is 71.8. The fourth-order valence-electron chi connectivity index (χ4n) is 5.70. The highest BCUT2D eigenvalue weighted by atomic mass is 19.3. The molecule has 2 atom stereocenters. The molecule has 1 aromatic heterocycles. The van der Waals surface area contributed by atoms with Gasteiger partial charge in [0.15, 0.2) is 0 Å². The fourth-order valence-corrected chi connectivity index (χ4v) is 5.70. The van der Waals surface area contributed by atoms with Gasteiger partial charge in [-0.25, -0.2) is 8.78 Å². The molecule has 3 aromatic rings. The van der Waals surface area contributed by atoms with Gasteiger partial charge in [-0.1, -0.05) is 24.3 Å². The minimum absolute atomic E-state index is 0.0448. The molecule has 5 rings (SSSR count). The molecule has 200 valence electrons. The highest BCUT2D eigenvalue weighted by Crippen LogP contribution is 2.44. The second-order valence-electron chi connectivity index (χ2n) is 9.88. The van der Waals surface area contributed by atoms with Gasteiger partial charge in [-0.15, -0.1) is 0 Å². The minimum Gasteiger partial charge on any atom is -0.434 e. The van der Waals surface area contributed by atoms with E-state index in [1.165, 1.54) is 6.07 Å².